The molecule has 0 saturated carbocycles. The third kappa shape index (κ3) is 6.08. The average molecular weight is 459 g/mol. The number of aryl methyl sites for hydroxylation is 1. The van der Waals surface area contributed by atoms with Gasteiger partial charge in [-0.25, -0.2) is 0 Å². The second kappa shape index (κ2) is 10.5. The van der Waals surface area contributed by atoms with Gasteiger partial charge in [0.2, 0.25) is 5.91 Å². The quantitative estimate of drug-likeness (QED) is 0.367. The Balaban J connectivity index is 1.59. The summed E-state index contributed by atoms with van der Waals surface area (Å²) in [7, 11) is 0. The summed E-state index contributed by atoms with van der Waals surface area (Å²) in [4.78, 5) is 23.8. The van der Waals surface area contributed by atoms with Gasteiger partial charge in [0.25, 0.3) is 0 Å². The molecule has 31 heavy (non-hydrogen) atoms. The van der Waals surface area contributed by atoms with Crippen LogP contribution in [-0.2, 0) is 17.9 Å². The zero-order valence-electron chi connectivity index (χ0n) is 17.5. The van der Waals surface area contributed by atoms with Gasteiger partial charge in [0.1, 0.15) is 12.4 Å². The number of Topliss-reactive ketones (excluding diaryl/α,β-unsaturated/α-hetero) is 1. The summed E-state index contributed by atoms with van der Waals surface area (Å²) >= 11 is 7.28. The summed E-state index contributed by atoms with van der Waals surface area (Å²) in [6.07, 6.45) is 0. The predicted molar refractivity (Wildman–Crippen MR) is 122 cm³/mol. The molecule has 7 nitrogen and oxygen atoms in total. The Hall–Kier alpha value is -2.84. The summed E-state index contributed by atoms with van der Waals surface area (Å²) in [5.41, 5.74) is 2.08. The molecule has 0 aliphatic carbocycles. The lowest BCUT2D eigenvalue weighted by atomic mass is 10.1. The number of rotatable bonds is 9. The van der Waals surface area contributed by atoms with E-state index in [1.54, 1.807) is 30.3 Å². The van der Waals surface area contributed by atoms with Crippen LogP contribution in [0.25, 0.3) is 0 Å². The van der Waals surface area contributed by atoms with Crippen LogP contribution >= 0.6 is 23.4 Å². The van der Waals surface area contributed by atoms with Gasteiger partial charge in [-0.3, -0.25) is 9.59 Å². The number of thioether (sulfide) groups is 1. The molecule has 162 valence electrons. The fourth-order valence-corrected chi connectivity index (χ4v) is 3.96. The molecular formula is C22H23ClN4O3S. The monoisotopic (exact) mass is 458 g/mol. The van der Waals surface area contributed by atoms with Gasteiger partial charge in [-0.2, -0.15) is 0 Å². The van der Waals surface area contributed by atoms with Gasteiger partial charge < -0.3 is 14.6 Å². The van der Waals surface area contributed by atoms with Crippen LogP contribution in [0.3, 0.4) is 0 Å². The Morgan fingerprint density at radius 3 is 2.71 bits per heavy atom. The highest BCUT2D eigenvalue weighted by Crippen LogP contribution is 2.24. The first-order valence-electron chi connectivity index (χ1n) is 9.72. The van der Waals surface area contributed by atoms with Crippen molar-refractivity contribution in [2.24, 2.45) is 0 Å². The van der Waals surface area contributed by atoms with Gasteiger partial charge >= 0.3 is 0 Å². The van der Waals surface area contributed by atoms with Crippen molar-refractivity contribution in [1.29, 1.82) is 0 Å². The Kier molecular flexibility index (Phi) is 7.70. The first-order valence-corrected chi connectivity index (χ1v) is 11.1. The van der Waals surface area contributed by atoms with Crippen molar-refractivity contribution in [1.82, 2.24) is 14.8 Å². The van der Waals surface area contributed by atoms with Crippen LogP contribution in [0, 0.1) is 6.92 Å². The van der Waals surface area contributed by atoms with Crippen molar-refractivity contribution in [3.05, 3.63) is 64.4 Å². The second-order valence-corrected chi connectivity index (χ2v) is 8.19. The Morgan fingerprint density at radius 2 is 2.00 bits per heavy atom. The molecule has 1 aromatic heterocycles. The predicted octanol–water partition coefficient (Wildman–Crippen LogP) is 4.77. The highest BCUT2D eigenvalue weighted by molar-refractivity contribution is 7.99. The van der Waals surface area contributed by atoms with E-state index in [1.165, 1.54) is 18.7 Å². The number of aromatic nitrogens is 3. The maximum Gasteiger partial charge on any atom is 0.234 e. The molecule has 0 saturated heterocycles. The summed E-state index contributed by atoms with van der Waals surface area (Å²) in [6, 6.07) is 12.3. The van der Waals surface area contributed by atoms with Crippen LogP contribution in [0.1, 0.15) is 35.6 Å². The summed E-state index contributed by atoms with van der Waals surface area (Å²) in [5.74, 6) is 1.33. The molecule has 9 heteroatoms. The summed E-state index contributed by atoms with van der Waals surface area (Å²) in [5, 5.41) is 12.5. The smallest absolute Gasteiger partial charge is 0.234 e. The first-order chi connectivity index (χ1) is 14.9. The molecule has 0 unspecified atom stereocenters. The van der Waals surface area contributed by atoms with Crippen molar-refractivity contribution in [3.8, 4) is 5.75 Å². The van der Waals surface area contributed by atoms with Crippen LogP contribution < -0.4 is 10.1 Å². The number of hydrogen-bond acceptors (Lipinski definition) is 6. The number of carbonyl (C=O) groups is 2. The van der Waals surface area contributed by atoms with Gasteiger partial charge in [-0.1, -0.05) is 35.5 Å². The maximum atomic E-state index is 12.3. The topological polar surface area (TPSA) is 86.1 Å². The van der Waals surface area contributed by atoms with E-state index in [0.29, 0.717) is 33.8 Å². The average Bonchev–Trinajstić information content (AvgIpc) is 3.13. The van der Waals surface area contributed by atoms with Crippen LogP contribution in [-0.4, -0.2) is 32.2 Å². The van der Waals surface area contributed by atoms with E-state index < -0.39 is 0 Å². The number of carbonyl (C=O) groups excluding carboxylic acids is 2. The highest BCUT2D eigenvalue weighted by atomic mass is 35.5. The summed E-state index contributed by atoms with van der Waals surface area (Å²) in [6.45, 7) is 6.31. The van der Waals surface area contributed by atoms with E-state index in [2.05, 4.69) is 15.5 Å². The molecule has 1 heterocycles. The standard InChI is InChI=1S/C22H23ClN4O3S/c1-4-27-20(12-30-19-9-8-17(23)10-14(19)2)25-26-22(27)31-13-21(29)24-18-7-5-6-16(11-18)15(3)28/h5-11H,4,12-13H2,1-3H3,(H,24,29). The van der Waals surface area contributed by atoms with Crippen molar-refractivity contribution in [2.45, 2.75) is 39.1 Å². The maximum absolute atomic E-state index is 12.3. The molecule has 1 N–H and O–H groups in total. The number of nitrogens with zero attached hydrogens (tertiary/aromatic N) is 3. The largest absolute Gasteiger partial charge is 0.485 e. The molecule has 2 aromatic carbocycles. The van der Waals surface area contributed by atoms with E-state index in [1.807, 2.05) is 30.5 Å². The van der Waals surface area contributed by atoms with Crippen LogP contribution in [0.15, 0.2) is 47.6 Å². The molecule has 3 rings (SSSR count). The van der Waals surface area contributed by atoms with E-state index >= 15 is 0 Å². The molecule has 0 fully saturated rings. The molecule has 0 aliphatic heterocycles. The van der Waals surface area contributed by atoms with Gasteiger partial charge in [-0.15, -0.1) is 10.2 Å². The molecule has 0 spiro atoms. The SMILES string of the molecule is CCn1c(COc2ccc(Cl)cc2C)nnc1SCC(=O)Nc1cccc(C(C)=O)c1. The number of ketones is 1. The highest BCUT2D eigenvalue weighted by Gasteiger charge is 2.14. The van der Waals surface area contributed by atoms with Crippen molar-refractivity contribution in [2.75, 3.05) is 11.1 Å². The molecule has 1 amide bonds. The Labute approximate surface area is 190 Å². The Morgan fingerprint density at radius 1 is 1.19 bits per heavy atom. The molecule has 3 aromatic rings. The van der Waals surface area contributed by atoms with Gasteiger partial charge in [0.05, 0.1) is 5.75 Å². The number of amides is 1. The van der Waals surface area contributed by atoms with Crippen molar-refractivity contribution in [3.63, 3.8) is 0 Å². The first kappa shape index (κ1) is 22.8. The fraction of sp³-hybridized carbons (Fsp3) is 0.273. The van der Waals surface area contributed by atoms with Gasteiger partial charge in [0, 0.05) is 22.8 Å². The number of nitrogens with one attached hydrogen (secondary N) is 1. The van der Waals surface area contributed by atoms with Crippen LogP contribution in [0.2, 0.25) is 5.02 Å². The normalized spacial score (nSPS) is 10.7. The lowest BCUT2D eigenvalue weighted by Gasteiger charge is -2.11. The third-order valence-electron chi connectivity index (χ3n) is 4.49. The van der Waals surface area contributed by atoms with Crippen LogP contribution in [0.4, 0.5) is 5.69 Å². The lowest BCUT2D eigenvalue weighted by Crippen LogP contribution is -2.15. The van der Waals surface area contributed by atoms with E-state index in [9.17, 15) is 9.59 Å². The van der Waals surface area contributed by atoms with Gasteiger partial charge in [0.15, 0.2) is 16.8 Å². The van der Waals surface area contributed by atoms with Crippen molar-refractivity contribution >= 4 is 40.7 Å². The number of benzene rings is 2. The minimum atomic E-state index is -0.189. The van der Waals surface area contributed by atoms with E-state index in [0.717, 1.165) is 11.3 Å². The van der Waals surface area contributed by atoms with Crippen molar-refractivity contribution < 1.29 is 14.3 Å². The lowest BCUT2D eigenvalue weighted by molar-refractivity contribution is -0.113. The van der Waals surface area contributed by atoms with Crippen LogP contribution in [0.5, 0.6) is 5.75 Å². The second-order valence-electron chi connectivity index (χ2n) is 6.82. The third-order valence-corrected chi connectivity index (χ3v) is 5.69. The molecule has 0 aliphatic rings. The molecule has 0 radical (unpaired) electrons. The minimum Gasteiger partial charge on any atom is -0.485 e. The Bertz CT molecular complexity index is 1100. The van der Waals surface area contributed by atoms with Gasteiger partial charge in [-0.05, 0) is 56.7 Å². The molecule has 0 bridgehead atoms. The number of anilines is 1. The number of halogens is 1. The zero-order chi connectivity index (χ0) is 22.4. The number of hydrogen-bond donors (Lipinski definition) is 1. The fourth-order valence-electron chi connectivity index (χ4n) is 2.91. The zero-order valence-corrected chi connectivity index (χ0v) is 19.1. The minimum absolute atomic E-state index is 0.0509. The molecular weight excluding hydrogens is 436 g/mol. The molecule has 0 atom stereocenters. The van der Waals surface area contributed by atoms with E-state index in [-0.39, 0.29) is 24.1 Å². The number of ether oxygens (including phenoxy) is 1. The summed E-state index contributed by atoms with van der Waals surface area (Å²) < 4.78 is 7.79. The van der Waals surface area contributed by atoms with E-state index in [4.69, 9.17) is 16.3 Å².